The highest BCUT2D eigenvalue weighted by molar-refractivity contribution is 5.39. The van der Waals surface area contributed by atoms with Crippen molar-refractivity contribution < 1.29 is 18.3 Å². The van der Waals surface area contributed by atoms with Crippen LogP contribution in [0.3, 0.4) is 0 Å². The first-order valence-corrected chi connectivity index (χ1v) is 5.79. The number of hydrogen-bond acceptors (Lipinski definition) is 3. The molecule has 102 valence electrons. The molecule has 0 saturated heterocycles. The smallest absolute Gasteiger partial charge is 0.389 e. The van der Waals surface area contributed by atoms with Crippen LogP contribution >= 0.6 is 0 Å². The van der Waals surface area contributed by atoms with Gasteiger partial charge in [0, 0.05) is 12.7 Å². The van der Waals surface area contributed by atoms with Gasteiger partial charge in [0.15, 0.2) is 0 Å². The highest BCUT2D eigenvalue weighted by Crippen LogP contribution is 2.22. The summed E-state index contributed by atoms with van der Waals surface area (Å²) in [6.07, 6.45) is -2.91. The molecule has 1 atom stereocenters. The number of hydrogen-bond donors (Lipinski definition) is 1. The summed E-state index contributed by atoms with van der Waals surface area (Å²) in [5.41, 5.74) is 0.585. The summed E-state index contributed by atoms with van der Waals surface area (Å²) < 4.78 is 37.2. The largest absolute Gasteiger partial charge is 0.405 e. The second-order valence-electron chi connectivity index (χ2n) is 4.16. The molecule has 18 heavy (non-hydrogen) atoms. The van der Waals surface area contributed by atoms with E-state index >= 15 is 0 Å². The second-order valence-corrected chi connectivity index (χ2v) is 4.16. The first kappa shape index (κ1) is 14.8. The van der Waals surface area contributed by atoms with Gasteiger partial charge in [-0.3, -0.25) is 0 Å². The molecule has 0 spiro atoms. The molecule has 1 rings (SSSR count). The van der Waals surface area contributed by atoms with Crippen LogP contribution < -0.4 is 4.90 Å². The molecular formula is C12H17F3N2O. The summed E-state index contributed by atoms with van der Waals surface area (Å²) in [5, 5.41) is 9.31. The van der Waals surface area contributed by atoms with Gasteiger partial charge in [0.2, 0.25) is 0 Å². The number of aliphatic hydroxyl groups is 1. The van der Waals surface area contributed by atoms with Gasteiger partial charge in [-0.2, -0.15) is 13.2 Å². The first-order chi connectivity index (χ1) is 8.33. The molecule has 0 aliphatic heterocycles. The van der Waals surface area contributed by atoms with Gasteiger partial charge in [0.25, 0.3) is 0 Å². The molecule has 0 aliphatic carbocycles. The van der Waals surface area contributed by atoms with Gasteiger partial charge >= 0.3 is 6.18 Å². The zero-order valence-corrected chi connectivity index (χ0v) is 10.4. The molecule has 1 aromatic heterocycles. The fourth-order valence-corrected chi connectivity index (χ4v) is 1.59. The van der Waals surface area contributed by atoms with Crippen molar-refractivity contribution >= 4 is 5.82 Å². The molecule has 0 aliphatic rings. The lowest BCUT2D eigenvalue weighted by atomic mass is 10.2. The summed E-state index contributed by atoms with van der Waals surface area (Å²) in [5.74, 6) is 0.276. The molecule has 6 heteroatoms. The van der Waals surface area contributed by atoms with Crippen LogP contribution in [0.4, 0.5) is 19.0 Å². The molecular weight excluding hydrogens is 245 g/mol. The minimum atomic E-state index is -4.25. The van der Waals surface area contributed by atoms with Crippen molar-refractivity contribution in [2.45, 2.75) is 32.5 Å². The lowest BCUT2D eigenvalue weighted by Crippen LogP contribution is -2.35. The Morgan fingerprint density at radius 2 is 2.06 bits per heavy atom. The Morgan fingerprint density at radius 1 is 1.39 bits per heavy atom. The zero-order chi connectivity index (χ0) is 13.8. The number of nitrogens with zero attached hydrogens (tertiary/aromatic N) is 2. The van der Waals surface area contributed by atoms with E-state index in [0.717, 1.165) is 0 Å². The summed E-state index contributed by atoms with van der Waals surface area (Å²) >= 11 is 0. The molecule has 0 saturated carbocycles. The Hall–Kier alpha value is -1.30. The van der Waals surface area contributed by atoms with E-state index in [0.29, 0.717) is 18.5 Å². The molecule has 0 amide bonds. The maximum absolute atomic E-state index is 12.4. The Labute approximate surface area is 104 Å². The zero-order valence-electron chi connectivity index (χ0n) is 10.4. The number of aromatic nitrogens is 1. The van der Waals surface area contributed by atoms with Gasteiger partial charge in [-0.1, -0.05) is 13.0 Å². The predicted molar refractivity (Wildman–Crippen MR) is 63.4 cm³/mol. The Morgan fingerprint density at radius 3 is 2.44 bits per heavy atom. The highest BCUT2D eigenvalue weighted by Gasteiger charge is 2.31. The second kappa shape index (κ2) is 6.04. The number of pyridine rings is 1. The maximum Gasteiger partial charge on any atom is 0.405 e. The van der Waals surface area contributed by atoms with E-state index < -0.39 is 18.8 Å². The number of rotatable bonds is 5. The molecule has 1 aromatic rings. The highest BCUT2D eigenvalue weighted by atomic mass is 19.4. The van der Waals surface area contributed by atoms with Crippen molar-refractivity contribution in [3.63, 3.8) is 0 Å². The van der Waals surface area contributed by atoms with E-state index in [1.54, 1.807) is 13.0 Å². The van der Waals surface area contributed by atoms with E-state index in [1.807, 2.05) is 6.92 Å². The van der Waals surface area contributed by atoms with Gasteiger partial charge < -0.3 is 10.0 Å². The van der Waals surface area contributed by atoms with Gasteiger partial charge in [-0.15, -0.1) is 0 Å². The molecule has 0 aromatic carbocycles. The van der Waals surface area contributed by atoms with Gasteiger partial charge in [0.05, 0.1) is 6.10 Å². The molecule has 0 unspecified atom stereocenters. The van der Waals surface area contributed by atoms with E-state index in [-0.39, 0.29) is 5.82 Å². The van der Waals surface area contributed by atoms with Crippen LogP contribution in [-0.4, -0.2) is 29.4 Å². The number of halogens is 3. The van der Waals surface area contributed by atoms with Crippen LogP contribution in [0.25, 0.3) is 0 Å². The minimum absolute atomic E-state index is 0.276. The quantitative estimate of drug-likeness (QED) is 0.886. The molecule has 1 N–H and O–H groups in total. The lowest BCUT2D eigenvalue weighted by molar-refractivity contribution is -0.119. The Bertz CT molecular complexity index is 363. The summed E-state index contributed by atoms with van der Waals surface area (Å²) in [6, 6.07) is 3.09. The molecule has 1 heterocycles. The third-order valence-electron chi connectivity index (χ3n) is 2.44. The normalized spacial score (nSPS) is 13.4. The minimum Gasteiger partial charge on any atom is -0.389 e. The molecule has 3 nitrogen and oxygen atoms in total. The van der Waals surface area contributed by atoms with Crippen LogP contribution in [0, 0.1) is 0 Å². The Balaban J connectivity index is 2.85. The number of aliphatic hydroxyl groups excluding tert-OH is 1. The number of anilines is 1. The van der Waals surface area contributed by atoms with E-state index in [1.165, 1.54) is 17.2 Å². The third-order valence-corrected chi connectivity index (χ3v) is 2.44. The van der Waals surface area contributed by atoms with Crippen molar-refractivity contribution in [3.8, 4) is 0 Å². The van der Waals surface area contributed by atoms with Crippen LogP contribution in [0.15, 0.2) is 18.3 Å². The van der Waals surface area contributed by atoms with Crippen molar-refractivity contribution in [3.05, 3.63) is 23.9 Å². The average molecular weight is 262 g/mol. The number of alkyl halides is 3. The van der Waals surface area contributed by atoms with E-state index in [9.17, 15) is 18.3 Å². The molecule has 0 radical (unpaired) electrons. The van der Waals surface area contributed by atoms with E-state index in [4.69, 9.17) is 0 Å². The van der Waals surface area contributed by atoms with Crippen LogP contribution in [0.5, 0.6) is 0 Å². The average Bonchev–Trinajstić information content (AvgIpc) is 2.27. The van der Waals surface area contributed by atoms with Crippen LogP contribution in [0.2, 0.25) is 0 Å². The summed E-state index contributed by atoms with van der Waals surface area (Å²) in [7, 11) is 0. The Kier molecular flexibility index (Phi) is 4.95. The first-order valence-electron chi connectivity index (χ1n) is 5.79. The van der Waals surface area contributed by atoms with Crippen molar-refractivity contribution in [2.24, 2.45) is 0 Å². The van der Waals surface area contributed by atoms with Gasteiger partial charge in [0.1, 0.15) is 12.4 Å². The third kappa shape index (κ3) is 4.52. The fourth-order valence-electron chi connectivity index (χ4n) is 1.59. The van der Waals surface area contributed by atoms with Crippen molar-refractivity contribution in [1.82, 2.24) is 4.98 Å². The van der Waals surface area contributed by atoms with Gasteiger partial charge in [-0.25, -0.2) is 4.98 Å². The van der Waals surface area contributed by atoms with Crippen molar-refractivity contribution in [2.75, 3.05) is 18.0 Å². The lowest BCUT2D eigenvalue weighted by Gasteiger charge is -2.24. The molecule has 0 bridgehead atoms. The maximum atomic E-state index is 12.4. The summed E-state index contributed by atoms with van der Waals surface area (Å²) in [4.78, 5) is 5.16. The molecule has 0 fully saturated rings. The summed E-state index contributed by atoms with van der Waals surface area (Å²) in [6.45, 7) is 2.67. The van der Waals surface area contributed by atoms with Gasteiger partial charge in [-0.05, 0) is 25.0 Å². The monoisotopic (exact) mass is 262 g/mol. The van der Waals surface area contributed by atoms with Crippen molar-refractivity contribution in [1.29, 1.82) is 0 Å². The standard InChI is InChI=1S/C12H17F3N2O/c1-3-6-17(8-12(13,14)15)11-5-4-10(7-16-11)9(2)18/h4-5,7,9,18H,3,6,8H2,1-2H3/t9-/m0/s1. The topological polar surface area (TPSA) is 36.4 Å². The van der Waals surface area contributed by atoms with Crippen LogP contribution in [0.1, 0.15) is 31.9 Å². The SMILES string of the molecule is CCCN(CC(F)(F)F)c1ccc([C@H](C)O)cn1. The fraction of sp³-hybridized carbons (Fsp3) is 0.583. The predicted octanol–water partition coefficient (Wildman–Crippen LogP) is 2.91. The van der Waals surface area contributed by atoms with Crippen LogP contribution in [-0.2, 0) is 0 Å². The van der Waals surface area contributed by atoms with E-state index in [2.05, 4.69) is 4.98 Å².